The SMILES string of the molecule is COc1cc(OC[C@@H]2CCCN2C)ccc1C1CC(Nc2cnc(C#N)cn2)NN1. The average molecular weight is 409 g/mol. The molecule has 0 saturated carbocycles. The van der Waals surface area contributed by atoms with Gasteiger partial charge in [0.1, 0.15) is 30.0 Å². The molecule has 3 N–H and O–H groups in total. The van der Waals surface area contributed by atoms with Gasteiger partial charge in [-0.05, 0) is 32.5 Å². The van der Waals surface area contributed by atoms with Crippen LogP contribution in [0.15, 0.2) is 30.6 Å². The van der Waals surface area contributed by atoms with Crippen molar-refractivity contribution in [2.75, 3.05) is 32.6 Å². The van der Waals surface area contributed by atoms with Crippen LogP contribution in [0.25, 0.3) is 0 Å². The Morgan fingerprint density at radius 1 is 1.30 bits per heavy atom. The van der Waals surface area contributed by atoms with Crippen LogP contribution in [0.3, 0.4) is 0 Å². The second-order valence-corrected chi connectivity index (χ2v) is 7.66. The lowest BCUT2D eigenvalue weighted by Crippen LogP contribution is -2.36. The van der Waals surface area contributed by atoms with Crippen molar-refractivity contribution in [3.05, 3.63) is 41.9 Å². The highest BCUT2D eigenvalue weighted by molar-refractivity contribution is 5.43. The molecule has 3 heterocycles. The summed E-state index contributed by atoms with van der Waals surface area (Å²) < 4.78 is 11.7. The van der Waals surface area contributed by atoms with Gasteiger partial charge in [0, 0.05) is 24.1 Å². The number of nitrogens with one attached hydrogen (secondary N) is 3. The Labute approximate surface area is 176 Å². The van der Waals surface area contributed by atoms with Crippen LogP contribution in [0.4, 0.5) is 5.82 Å². The van der Waals surface area contributed by atoms with Gasteiger partial charge in [-0.25, -0.2) is 20.8 Å². The summed E-state index contributed by atoms with van der Waals surface area (Å²) in [7, 11) is 3.83. The van der Waals surface area contributed by atoms with Crippen molar-refractivity contribution in [2.45, 2.75) is 37.5 Å². The number of likely N-dealkylation sites (N-methyl/N-ethyl adjacent to an activating group) is 1. The van der Waals surface area contributed by atoms with Gasteiger partial charge in [-0.15, -0.1) is 0 Å². The Kier molecular flexibility index (Phi) is 6.28. The van der Waals surface area contributed by atoms with E-state index in [0.29, 0.717) is 24.2 Å². The minimum atomic E-state index is -0.0317. The van der Waals surface area contributed by atoms with Crippen molar-refractivity contribution in [3.8, 4) is 17.6 Å². The van der Waals surface area contributed by atoms with Crippen molar-refractivity contribution < 1.29 is 9.47 Å². The van der Waals surface area contributed by atoms with Crippen molar-refractivity contribution in [2.24, 2.45) is 0 Å². The first-order valence-electron chi connectivity index (χ1n) is 10.2. The molecule has 30 heavy (non-hydrogen) atoms. The lowest BCUT2D eigenvalue weighted by molar-refractivity contribution is 0.197. The maximum Gasteiger partial charge on any atom is 0.158 e. The second-order valence-electron chi connectivity index (χ2n) is 7.66. The maximum absolute atomic E-state index is 8.82. The third-order valence-electron chi connectivity index (χ3n) is 5.69. The molecular weight excluding hydrogens is 382 g/mol. The molecule has 0 bridgehead atoms. The van der Waals surface area contributed by atoms with E-state index >= 15 is 0 Å². The van der Waals surface area contributed by atoms with E-state index < -0.39 is 0 Å². The Hall–Kier alpha value is -2.93. The molecule has 2 saturated heterocycles. The van der Waals surface area contributed by atoms with Crippen molar-refractivity contribution in [1.82, 2.24) is 25.7 Å². The molecule has 2 unspecified atom stereocenters. The van der Waals surface area contributed by atoms with Crippen LogP contribution < -0.4 is 25.6 Å². The zero-order valence-electron chi connectivity index (χ0n) is 17.3. The number of nitriles is 1. The predicted molar refractivity (Wildman–Crippen MR) is 112 cm³/mol. The fourth-order valence-corrected chi connectivity index (χ4v) is 3.94. The van der Waals surface area contributed by atoms with Gasteiger partial charge in [0.2, 0.25) is 0 Å². The third-order valence-corrected chi connectivity index (χ3v) is 5.69. The number of rotatable bonds is 7. The summed E-state index contributed by atoms with van der Waals surface area (Å²) in [4.78, 5) is 10.6. The second kappa shape index (κ2) is 9.26. The van der Waals surface area contributed by atoms with E-state index in [0.717, 1.165) is 30.0 Å². The van der Waals surface area contributed by atoms with Crippen LogP contribution in [-0.2, 0) is 0 Å². The monoisotopic (exact) mass is 409 g/mol. The number of anilines is 1. The molecule has 4 rings (SSSR count). The topological polar surface area (TPSA) is 107 Å². The smallest absolute Gasteiger partial charge is 0.158 e. The van der Waals surface area contributed by atoms with Crippen molar-refractivity contribution >= 4 is 5.82 Å². The minimum absolute atomic E-state index is 0.0317. The first kappa shape index (κ1) is 20.3. The molecule has 0 spiro atoms. The first-order valence-corrected chi connectivity index (χ1v) is 10.2. The van der Waals surface area contributed by atoms with Crippen LogP contribution in [0.5, 0.6) is 11.5 Å². The summed E-state index contributed by atoms with van der Waals surface area (Å²) >= 11 is 0. The van der Waals surface area contributed by atoms with Gasteiger partial charge in [-0.3, -0.25) is 0 Å². The van der Waals surface area contributed by atoms with Crippen LogP contribution >= 0.6 is 0 Å². The van der Waals surface area contributed by atoms with Crippen LogP contribution in [-0.4, -0.2) is 54.4 Å². The van der Waals surface area contributed by atoms with E-state index in [2.05, 4.69) is 44.2 Å². The summed E-state index contributed by atoms with van der Waals surface area (Å²) in [5.41, 5.74) is 7.89. The molecule has 1 aromatic heterocycles. The molecule has 0 aliphatic carbocycles. The van der Waals surface area contributed by atoms with Gasteiger partial charge in [-0.2, -0.15) is 5.26 Å². The summed E-state index contributed by atoms with van der Waals surface area (Å²) in [6.45, 7) is 1.83. The molecule has 3 atom stereocenters. The molecule has 158 valence electrons. The molecule has 0 radical (unpaired) electrons. The molecule has 2 fully saturated rings. The zero-order chi connectivity index (χ0) is 20.9. The molecule has 2 aliphatic heterocycles. The van der Waals surface area contributed by atoms with Crippen LogP contribution in [0, 0.1) is 11.3 Å². The quantitative estimate of drug-likeness (QED) is 0.631. The first-order chi connectivity index (χ1) is 14.7. The number of hydrogen-bond acceptors (Lipinski definition) is 9. The van der Waals surface area contributed by atoms with Gasteiger partial charge < -0.3 is 19.7 Å². The minimum Gasteiger partial charge on any atom is -0.496 e. The van der Waals surface area contributed by atoms with Crippen molar-refractivity contribution in [1.29, 1.82) is 5.26 Å². The lowest BCUT2D eigenvalue weighted by atomic mass is 10.0. The van der Waals surface area contributed by atoms with Gasteiger partial charge >= 0.3 is 0 Å². The van der Waals surface area contributed by atoms with Gasteiger partial charge in [0.15, 0.2) is 5.69 Å². The van der Waals surface area contributed by atoms with E-state index in [-0.39, 0.29) is 12.2 Å². The summed E-state index contributed by atoms with van der Waals surface area (Å²) in [5.74, 6) is 2.23. The zero-order valence-corrected chi connectivity index (χ0v) is 17.3. The fraction of sp³-hybridized carbons (Fsp3) is 0.476. The van der Waals surface area contributed by atoms with Crippen molar-refractivity contribution in [3.63, 3.8) is 0 Å². The molecule has 9 nitrogen and oxygen atoms in total. The number of nitrogens with zero attached hydrogens (tertiary/aromatic N) is 4. The number of ether oxygens (including phenoxy) is 2. The highest BCUT2D eigenvalue weighted by Gasteiger charge is 2.28. The van der Waals surface area contributed by atoms with E-state index in [9.17, 15) is 0 Å². The Balaban J connectivity index is 1.36. The van der Waals surface area contributed by atoms with Crippen LogP contribution in [0.2, 0.25) is 0 Å². The highest BCUT2D eigenvalue weighted by atomic mass is 16.5. The van der Waals surface area contributed by atoms with E-state index in [4.69, 9.17) is 14.7 Å². The van der Waals surface area contributed by atoms with Crippen LogP contribution in [0.1, 0.15) is 36.6 Å². The normalized spacial score (nSPS) is 23.8. The number of hydrazine groups is 1. The molecule has 0 amide bonds. The molecular formula is C21H27N7O2. The summed E-state index contributed by atoms with van der Waals surface area (Å²) in [6, 6.07) is 8.52. The molecule has 1 aromatic carbocycles. The van der Waals surface area contributed by atoms with Gasteiger partial charge in [-0.1, -0.05) is 6.07 Å². The van der Waals surface area contributed by atoms with Gasteiger partial charge in [0.05, 0.1) is 31.7 Å². The summed E-state index contributed by atoms with van der Waals surface area (Å²) in [6.07, 6.45) is 6.17. The number of methoxy groups -OCH3 is 1. The Bertz CT molecular complexity index is 899. The number of hydrogen-bond donors (Lipinski definition) is 3. The van der Waals surface area contributed by atoms with E-state index in [1.807, 2.05) is 18.2 Å². The predicted octanol–water partition coefficient (Wildman–Crippen LogP) is 1.81. The standard InChI is InChI=1S/C21H27N7O2/c1-28-7-3-4-15(28)13-30-16-5-6-17(19(8-16)29-2)18-9-20(27-26-18)25-21-12-23-14(10-22)11-24-21/h5-6,8,11-12,15,18,20,26-27H,3-4,7,9,13H2,1-2H3,(H,24,25)/t15-,18?,20?/m0/s1. The molecule has 2 aliphatic rings. The maximum atomic E-state index is 8.82. The number of likely N-dealkylation sites (tertiary alicyclic amines) is 1. The molecule has 9 heteroatoms. The Morgan fingerprint density at radius 3 is 2.90 bits per heavy atom. The number of benzene rings is 1. The number of aromatic nitrogens is 2. The lowest BCUT2D eigenvalue weighted by Gasteiger charge is -2.20. The largest absolute Gasteiger partial charge is 0.496 e. The highest BCUT2D eigenvalue weighted by Crippen LogP contribution is 2.33. The molecule has 2 aromatic rings. The van der Waals surface area contributed by atoms with Gasteiger partial charge in [0.25, 0.3) is 0 Å². The fourth-order valence-electron chi connectivity index (χ4n) is 3.94. The van der Waals surface area contributed by atoms with E-state index in [1.165, 1.54) is 19.0 Å². The Morgan fingerprint density at radius 2 is 2.20 bits per heavy atom. The summed E-state index contributed by atoms with van der Waals surface area (Å²) in [5, 5.41) is 12.1. The van der Waals surface area contributed by atoms with E-state index in [1.54, 1.807) is 13.3 Å². The average Bonchev–Trinajstić information content (AvgIpc) is 3.41. The third kappa shape index (κ3) is 4.62.